The van der Waals surface area contributed by atoms with Crippen molar-refractivity contribution in [1.29, 1.82) is 0 Å². The number of para-hydroxylation sites is 1. The normalized spacial score (nSPS) is 14.0. The van der Waals surface area contributed by atoms with Gasteiger partial charge in [-0.3, -0.25) is 0 Å². The maximum Gasteiger partial charge on any atom is 0.135 e. The molecule has 0 fully saturated rings. The molecular weight excluding hydrogens is 1090 g/mol. The molecule has 0 N–H and O–H groups in total. The number of benzene rings is 13. The van der Waals surface area contributed by atoms with Crippen molar-refractivity contribution in [2.24, 2.45) is 0 Å². The molecule has 13 aromatic carbocycles. The second-order valence-electron chi connectivity index (χ2n) is 23.9. The number of halogens is 1. The molecule has 18 rings (SSSR count). The molecule has 0 saturated heterocycles. The summed E-state index contributed by atoms with van der Waals surface area (Å²) < 4.78 is 13.1. The molecule has 0 bridgehead atoms. The van der Waals surface area contributed by atoms with Gasteiger partial charge in [-0.05, 0) is 150 Å². The van der Waals surface area contributed by atoms with E-state index in [4.69, 9.17) is 20.4 Å². The summed E-state index contributed by atoms with van der Waals surface area (Å²) in [6.45, 7) is 4.69. The van der Waals surface area contributed by atoms with Gasteiger partial charge in [0.25, 0.3) is 0 Å². The van der Waals surface area contributed by atoms with E-state index in [9.17, 15) is 0 Å². The smallest absolute Gasteiger partial charge is 0.135 e. The first-order valence-corrected chi connectivity index (χ1v) is 30.4. The number of hydrogen-bond donors (Lipinski definition) is 0. The minimum Gasteiger partial charge on any atom is -0.456 e. The first-order valence-electron chi connectivity index (χ1n) is 30.0. The summed E-state index contributed by atoms with van der Waals surface area (Å²) in [6, 6.07) is 110. The number of nitrogens with zero attached hydrogens (tertiary/aromatic N) is 1. The van der Waals surface area contributed by atoms with Crippen molar-refractivity contribution >= 4 is 72.5 Å². The van der Waals surface area contributed by atoms with Crippen LogP contribution in [0.25, 0.3) is 77.3 Å². The highest BCUT2D eigenvalue weighted by atomic mass is 35.5. The Balaban J connectivity index is 0.000000157. The predicted molar refractivity (Wildman–Crippen MR) is 366 cm³/mol. The lowest BCUT2D eigenvalue weighted by Gasteiger charge is -2.33. The Morgan fingerprint density at radius 2 is 0.705 bits per heavy atom. The molecule has 3 aliphatic rings. The maximum absolute atomic E-state index is 6.78. The Bertz CT molecular complexity index is 5140. The first-order chi connectivity index (χ1) is 42.8. The SMILES string of the molecule is C.CC1(C)c2ccccc2-c2c(N(c3ccccc3)c3ccc4oc5cc(C6(c7ccccc7)c7ccccc7-c7ccccc76)ccc5c4c3)cccc21.Clc1ccc2oc3cc(C4(c5ccccc5)c5ccccc5-c5ccccc54)ccc3c2c1. The minimum atomic E-state index is -0.478. The Labute approximate surface area is 518 Å². The van der Waals surface area contributed by atoms with Gasteiger partial charge in [-0.25, -0.2) is 0 Å². The van der Waals surface area contributed by atoms with E-state index in [1.54, 1.807) is 0 Å². The van der Waals surface area contributed by atoms with Gasteiger partial charge in [-0.15, -0.1) is 0 Å². The lowest BCUT2D eigenvalue weighted by molar-refractivity contribution is 0.660. The number of anilines is 3. The van der Waals surface area contributed by atoms with Gasteiger partial charge in [0.2, 0.25) is 0 Å². The molecule has 0 saturated carbocycles. The molecule has 15 aromatic rings. The standard InChI is InChI=1S/C52H37NO.C31H19ClO.CH4/c1-51(2)43-23-12-11-22-41(43)50-46(51)26-15-27-47(50)53(36-18-7-4-8-19-36)37-29-31-48-42(33-37)40-30-28-35(32-49(40)54-48)52(34-16-5-3-6-17-34)44-24-13-9-20-38(44)39-21-10-14-25-45(39)52;32-22-15-17-29-26(19-22)25-16-14-21(18-30(25)33-29)31(20-8-2-1-3-9-20)27-12-6-4-10-23(27)24-11-5-7-13-28(24)31;/h3-33H,1-2H3;1-19H;1H4. The fourth-order valence-corrected chi connectivity index (χ4v) is 15.6. The summed E-state index contributed by atoms with van der Waals surface area (Å²) in [6.07, 6.45) is 0. The molecule has 420 valence electrons. The molecule has 0 spiro atoms. The van der Waals surface area contributed by atoms with Gasteiger partial charge in [0.05, 0.1) is 16.5 Å². The van der Waals surface area contributed by atoms with Crippen molar-refractivity contribution in [3.63, 3.8) is 0 Å². The van der Waals surface area contributed by atoms with Gasteiger partial charge in [0, 0.05) is 48.9 Å². The molecule has 0 amide bonds. The Hall–Kier alpha value is -10.5. The van der Waals surface area contributed by atoms with Gasteiger partial charge in [0.1, 0.15) is 22.3 Å². The lowest BCUT2D eigenvalue weighted by Crippen LogP contribution is -2.28. The highest BCUT2D eigenvalue weighted by Gasteiger charge is 2.48. The fraction of sp³-hybridized carbons (Fsp3) is 0.0714. The summed E-state index contributed by atoms with van der Waals surface area (Å²) in [5, 5.41) is 5.05. The highest BCUT2D eigenvalue weighted by Crippen LogP contribution is 2.59. The van der Waals surface area contributed by atoms with Gasteiger partial charge in [-0.2, -0.15) is 0 Å². The minimum absolute atomic E-state index is 0. The van der Waals surface area contributed by atoms with Crippen LogP contribution in [0.3, 0.4) is 0 Å². The zero-order valence-corrected chi connectivity index (χ0v) is 48.8. The largest absolute Gasteiger partial charge is 0.456 e. The summed E-state index contributed by atoms with van der Waals surface area (Å²) in [5.74, 6) is 0. The maximum atomic E-state index is 6.78. The van der Waals surface area contributed by atoms with Crippen molar-refractivity contribution in [2.75, 3.05) is 4.90 Å². The molecule has 2 heterocycles. The van der Waals surface area contributed by atoms with E-state index >= 15 is 0 Å². The zero-order chi connectivity index (χ0) is 58.0. The lowest BCUT2D eigenvalue weighted by atomic mass is 9.67. The van der Waals surface area contributed by atoms with Crippen LogP contribution in [0.2, 0.25) is 5.02 Å². The van der Waals surface area contributed by atoms with E-state index in [1.165, 1.54) is 94.7 Å². The molecule has 0 aliphatic heterocycles. The molecule has 2 aromatic heterocycles. The van der Waals surface area contributed by atoms with Crippen LogP contribution in [0.15, 0.2) is 312 Å². The summed E-state index contributed by atoms with van der Waals surface area (Å²) in [4.78, 5) is 2.42. The zero-order valence-electron chi connectivity index (χ0n) is 48.0. The number of rotatable bonds is 7. The predicted octanol–water partition coefficient (Wildman–Crippen LogP) is 23.0. The second kappa shape index (κ2) is 20.3. The van der Waals surface area contributed by atoms with E-state index in [0.29, 0.717) is 5.02 Å². The molecule has 4 heteroatoms. The van der Waals surface area contributed by atoms with Crippen molar-refractivity contribution < 1.29 is 8.83 Å². The average molecular weight is 1150 g/mol. The Morgan fingerprint density at radius 3 is 1.20 bits per heavy atom. The van der Waals surface area contributed by atoms with E-state index in [0.717, 1.165) is 55.3 Å². The summed E-state index contributed by atoms with van der Waals surface area (Å²) in [7, 11) is 0. The summed E-state index contributed by atoms with van der Waals surface area (Å²) in [5.41, 5.74) is 26.5. The van der Waals surface area contributed by atoms with E-state index < -0.39 is 10.8 Å². The van der Waals surface area contributed by atoms with Crippen LogP contribution in [0.4, 0.5) is 17.1 Å². The molecule has 3 nitrogen and oxygen atoms in total. The van der Waals surface area contributed by atoms with Crippen molar-refractivity contribution in [3.05, 3.63) is 364 Å². The third-order valence-electron chi connectivity index (χ3n) is 19.2. The van der Waals surface area contributed by atoms with Crippen LogP contribution in [0, 0.1) is 0 Å². The topological polar surface area (TPSA) is 29.5 Å². The van der Waals surface area contributed by atoms with Crippen LogP contribution in [-0.2, 0) is 16.2 Å². The van der Waals surface area contributed by atoms with E-state index in [2.05, 4.69) is 304 Å². The van der Waals surface area contributed by atoms with Crippen LogP contribution in [0.5, 0.6) is 0 Å². The third kappa shape index (κ3) is 7.63. The quantitative estimate of drug-likeness (QED) is 0.159. The molecule has 0 atom stereocenters. The number of furan rings is 2. The van der Waals surface area contributed by atoms with Crippen molar-refractivity contribution in [1.82, 2.24) is 0 Å². The van der Waals surface area contributed by atoms with Crippen molar-refractivity contribution in [3.8, 4) is 33.4 Å². The van der Waals surface area contributed by atoms with Crippen molar-refractivity contribution in [2.45, 2.75) is 37.5 Å². The van der Waals surface area contributed by atoms with Gasteiger partial charge >= 0.3 is 0 Å². The molecule has 0 unspecified atom stereocenters. The third-order valence-corrected chi connectivity index (χ3v) is 19.4. The van der Waals surface area contributed by atoms with Crippen LogP contribution in [-0.4, -0.2) is 0 Å². The first kappa shape index (κ1) is 53.1. The Morgan fingerprint density at radius 1 is 0.295 bits per heavy atom. The van der Waals surface area contributed by atoms with Gasteiger partial charge in [0.15, 0.2) is 0 Å². The molecule has 88 heavy (non-hydrogen) atoms. The van der Waals surface area contributed by atoms with Gasteiger partial charge in [-0.1, -0.05) is 269 Å². The second-order valence-corrected chi connectivity index (χ2v) is 24.3. The average Bonchev–Trinajstić information content (AvgIpc) is 1.66. The number of hydrogen-bond acceptors (Lipinski definition) is 3. The fourth-order valence-electron chi connectivity index (χ4n) is 15.5. The molecular formula is C84H60ClNO2. The monoisotopic (exact) mass is 1150 g/mol. The van der Waals surface area contributed by atoms with Crippen LogP contribution >= 0.6 is 11.6 Å². The van der Waals surface area contributed by atoms with Crippen LogP contribution < -0.4 is 4.90 Å². The molecule has 3 aliphatic carbocycles. The highest BCUT2D eigenvalue weighted by molar-refractivity contribution is 6.31. The summed E-state index contributed by atoms with van der Waals surface area (Å²) >= 11 is 6.28. The van der Waals surface area contributed by atoms with E-state index in [1.807, 2.05) is 18.2 Å². The molecule has 0 radical (unpaired) electrons. The Kier molecular flexibility index (Phi) is 12.3. The number of fused-ring (bicyclic) bond motifs is 15. The van der Waals surface area contributed by atoms with Gasteiger partial charge < -0.3 is 13.7 Å². The van der Waals surface area contributed by atoms with Crippen LogP contribution in [0.1, 0.15) is 76.9 Å². The van der Waals surface area contributed by atoms with E-state index in [-0.39, 0.29) is 12.8 Å².